The van der Waals surface area contributed by atoms with Crippen molar-refractivity contribution in [3.05, 3.63) is 29.2 Å². The van der Waals surface area contributed by atoms with Gasteiger partial charge < -0.3 is 0 Å². The molecule has 0 fully saturated rings. The van der Waals surface area contributed by atoms with Gasteiger partial charge in [0, 0.05) is 17.3 Å². The van der Waals surface area contributed by atoms with Crippen molar-refractivity contribution in [1.82, 2.24) is 14.6 Å². The molecule has 0 atom stereocenters. The summed E-state index contributed by atoms with van der Waals surface area (Å²) in [6.07, 6.45) is 1.85. The van der Waals surface area contributed by atoms with Crippen LogP contribution in [0.1, 0.15) is 5.82 Å². The van der Waals surface area contributed by atoms with E-state index in [0.29, 0.717) is 5.02 Å². The van der Waals surface area contributed by atoms with Crippen LogP contribution in [0.5, 0.6) is 0 Å². The van der Waals surface area contributed by atoms with Crippen molar-refractivity contribution in [2.24, 2.45) is 0 Å². The van der Waals surface area contributed by atoms with E-state index in [1.807, 2.05) is 23.6 Å². The van der Waals surface area contributed by atoms with Crippen molar-refractivity contribution in [3.8, 4) is 0 Å². The van der Waals surface area contributed by atoms with Crippen molar-refractivity contribution in [3.63, 3.8) is 0 Å². The number of aryl methyl sites for hydroxylation is 1. The fraction of sp³-hybridized carbons (Fsp3) is 0.143. The molecule has 2 aromatic heterocycles. The third-order valence-electron chi connectivity index (χ3n) is 1.54. The van der Waals surface area contributed by atoms with Gasteiger partial charge in [-0.3, -0.25) is 4.40 Å². The summed E-state index contributed by atoms with van der Waals surface area (Å²) in [7, 11) is 0. The van der Waals surface area contributed by atoms with E-state index in [1.165, 1.54) is 0 Å². The zero-order chi connectivity index (χ0) is 7.84. The number of fused-ring (bicyclic) bond motifs is 1. The predicted molar refractivity (Wildman–Crippen MR) is 42.7 cm³/mol. The maximum atomic E-state index is 5.75. The number of hydrogen-bond donors (Lipinski definition) is 0. The summed E-state index contributed by atoms with van der Waals surface area (Å²) in [5.41, 5.74) is 0.787. The molecule has 0 aliphatic heterocycles. The van der Waals surface area contributed by atoms with Crippen molar-refractivity contribution in [2.75, 3.05) is 0 Å². The van der Waals surface area contributed by atoms with Gasteiger partial charge in [0.1, 0.15) is 5.82 Å². The van der Waals surface area contributed by atoms with Crippen LogP contribution < -0.4 is 0 Å². The number of aromatic nitrogens is 3. The Balaban J connectivity index is 2.86. The minimum Gasteiger partial charge on any atom is -0.287 e. The molecule has 0 aliphatic carbocycles. The van der Waals surface area contributed by atoms with E-state index in [4.69, 9.17) is 11.6 Å². The summed E-state index contributed by atoms with van der Waals surface area (Å²) in [4.78, 5) is 0. The molecule has 0 radical (unpaired) electrons. The number of hydrogen-bond acceptors (Lipinski definition) is 2. The summed E-state index contributed by atoms with van der Waals surface area (Å²) in [6.45, 7) is 1.90. The lowest BCUT2D eigenvalue weighted by atomic mass is 10.5. The summed E-state index contributed by atoms with van der Waals surface area (Å²) >= 11 is 5.75. The number of rotatable bonds is 0. The van der Waals surface area contributed by atoms with Gasteiger partial charge >= 0.3 is 0 Å². The number of halogens is 1. The third-order valence-corrected chi connectivity index (χ3v) is 1.78. The summed E-state index contributed by atoms with van der Waals surface area (Å²) in [5.74, 6) is 0.872. The van der Waals surface area contributed by atoms with Crippen LogP contribution in [0, 0.1) is 6.92 Å². The van der Waals surface area contributed by atoms with Gasteiger partial charge in [-0.2, -0.15) is 0 Å². The molecule has 56 valence electrons. The predicted octanol–water partition coefficient (Wildman–Crippen LogP) is 1.69. The third kappa shape index (κ3) is 0.973. The minimum atomic E-state index is 0.685. The van der Waals surface area contributed by atoms with Gasteiger partial charge in [-0.1, -0.05) is 11.6 Å². The molecule has 0 aromatic carbocycles. The second-order valence-corrected chi connectivity index (χ2v) is 2.76. The van der Waals surface area contributed by atoms with Gasteiger partial charge in [-0.15, -0.1) is 10.2 Å². The van der Waals surface area contributed by atoms with Gasteiger partial charge in [0.05, 0.1) is 0 Å². The zero-order valence-electron chi connectivity index (χ0n) is 5.95. The summed E-state index contributed by atoms with van der Waals surface area (Å²) in [6, 6.07) is 3.59. The van der Waals surface area contributed by atoms with Crippen molar-refractivity contribution in [2.45, 2.75) is 6.92 Å². The molecule has 0 N–H and O–H groups in total. The van der Waals surface area contributed by atoms with E-state index in [0.717, 1.165) is 11.5 Å². The van der Waals surface area contributed by atoms with Gasteiger partial charge in [-0.05, 0) is 13.0 Å². The molecule has 11 heavy (non-hydrogen) atoms. The topological polar surface area (TPSA) is 30.2 Å². The second kappa shape index (κ2) is 2.20. The molecule has 0 bridgehead atoms. The molecule has 0 aliphatic rings. The van der Waals surface area contributed by atoms with Crippen LogP contribution in [-0.2, 0) is 0 Å². The SMILES string of the molecule is Cc1nnc2cc(Cl)ccn12. The van der Waals surface area contributed by atoms with Gasteiger partial charge in [0.25, 0.3) is 0 Å². The maximum Gasteiger partial charge on any atom is 0.162 e. The lowest BCUT2D eigenvalue weighted by Gasteiger charge is -1.92. The van der Waals surface area contributed by atoms with Crippen LogP contribution >= 0.6 is 11.6 Å². The molecule has 2 aromatic rings. The first kappa shape index (κ1) is 6.61. The van der Waals surface area contributed by atoms with Crippen LogP contribution in [0.2, 0.25) is 5.02 Å². The van der Waals surface area contributed by atoms with E-state index in [9.17, 15) is 0 Å². The smallest absolute Gasteiger partial charge is 0.162 e. The van der Waals surface area contributed by atoms with Crippen LogP contribution in [0.3, 0.4) is 0 Å². The average Bonchev–Trinajstić information content (AvgIpc) is 2.32. The Morgan fingerprint density at radius 2 is 2.27 bits per heavy atom. The number of nitrogens with zero attached hydrogens (tertiary/aromatic N) is 3. The maximum absolute atomic E-state index is 5.75. The van der Waals surface area contributed by atoms with E-state index in [1.54, 1.807) is 6.07 Å². The lowest BCUT2D eigenvalue weighted by molar-refractivity contribution is 1.01. The van der Waals surface area contributed by atoms with Gasteiger partial charge in [0.15, 0.2) is 5.65 Å². The molecule has 4 heteroatoms. The monoisotopic (exact) mass is 167 g/mol. The Morgan fingerprint density at radius 3 is 3.09 bits per heavy atom. The highest BCUT2D eigenvalue weighted by molar-refractivity contribution is 6.30. The minimum absolute atomic E-state index is 0.685. The van der Waals surface area contributed by atoms with Gasteiger partial charge in [0.2, 0.25) is 0 Å². The Hall–Kier alpha value is -1.09. The molecule has 3 nitrogen and oxygen atoms in total. The molecule has 0 amide bonds. The fourth-order valence-corrected chi connectivity index (χ4v) is 1.14. The van der Waals surface area contributed by atoms with Crippen molar-refractivity contribution >= 4 is 17.2 Å². The zero-order valence-corrected chi connectivity index (χ0v) is 6.71. The first-order chi connectivity index (χ1) is 5.27. The average molecular weight is 168 g/mol. The lowest BCUT2D eigenvalue weighted by Crippen LogP contribution is -1.85. The molecule has 0 saturated heterocycles. The molecular formula is C7H6ClN3. The van der Waals surface area contributed by atoms with E-state index in [-0.39, 0.29) is 0 Å². The molecule has 2 heterocycles. The molecular weight excluding hydrogens is 162 g/mol. The van der Waals surface area contributed by atoms with Crippen LogP contribution in [0.15, 0.2) is 18.3 Å². The Labute approximate surface area is 68.6 Å². The Morgan fingerprint density at radius 1 is 1.45 bits per heavy atom. The summed E-state index contributed by atoms with van der Waals surface area (Å²) in [5, 5.41) is 8.48. The highest BCUT2D eigenvalue weighted by Gasteiger charge is 1.98. The fourth-order valence-electron chi connectivity index (χ4n) is 0.986. The summed E-state index contributed by atoms with van der Waals surface area (Å²) < 4.78 is 1.88. The number of pyridine rings is 1. The van der Waals surface area contributed by atoms with Crippen molar-refractivity contribution < 1.29 is 0 Å². The van der Waals surface area contributed by atoms with Crippen molar-refractivity contribution in [1.29, 1.82) is 0 Å². The highest BCUT2D eigenvalue weighted by Crippen LogP contribution is 2.10. The molecule has 0 spiro atoms. The first-order valence-corrected chi connectivity index (χ1v) is 3.62. The first-order valence-electron chi connectivity index (χ1n) is 3.24. The Bertz CT molecular complexity index is 393. The van der Waals surface area contributed by atoms with Crippen LogP contribution in [-0.4, -0.2) is 14.6 Å². The molecule has 0 unspecified atom stereocenters. The largest absolute Gasteiger partial charge is 0.287 e. The van der Waals surface area contributed by atoms with E-state index in [2.05, 4.69) is 10.2 Å². The van der Waals surface area contributed by atoms with E-state index >= 15 is 0 Å². The molecule has 0 saturated carbocycles. The van der Waals surface area contributed by atoms with E-state index < -0.39 is 0 Å². The quantitative estimate of drug-likeness (QED) is 0.598. The normalized spacial score (nSPS) is 10.7. The Kier molecular flexibility index (Phi) is 1.32. The highest BCUT2D eigenvalue weighted by atomic mass is 35.5. The molecule has 2 rings (SSSR count). The van der Waals surface area contributed by atoms with Crippen LogP contribution in [0.25, 0.3) is 5.65 Å². The standard InChI is InChI=1S/C7H6ClN3/c1-5-9-10-7-4-6(8)2-3-11(5)7/h2-4H,1H3. The second-order valence-electron chi connectivity index (χ2n) is 2.32. The van der Waals surface area contributed by atoms with Gasteiger partial charge in [-0.25, -0.2) is 0 Å². The van der Waals surface area contributed by atoms with Crippen LogP contribution in [0.4, 0.5) is 0 Å².